The van der Waals surface area contributed by atoms with Gasteiger partial charge in [0.2, 0.25) is 5.91 Å². The molecule has 1 aromatic carbocycles. The third-order valence-corrected chi connectivity index (χ3v) is 3.38. The maximum Gasteiger partial charge on any atom is 0.307 e. The highest BCUT2D eigenvalue weighted by Gasteiger charge is 2.25. The van der Waals surface area contributed by atoms with Crippen LogP contribution < -0.4 is 5.32 Å². The zero-order chi connectivity index (χ0) is 14.5. The van der Waals surface area contributed by atoms with Gasteiger partial charge in [-0.25, -0.2) is 0 Å². The Kier molecular flexibility index (Phi) is 4.50. The van der Waals surface area contributed by atoms with Gasteiger partial charge in [-0.3, -0.25) is 14.4 Å². The first-order valence-corrected chi connectivity index (χ1v) is 6.66. The van der Waals surface area contributed by atoms with Gasteiger partial charge in [-0.15, -0.1) is 0 Å². The van der Waals surface area contributed by atoms with Gasteiger partial charge in [-0.2, -0.15) is 0 Å². The van der Waals surface area contributed by atoms with Gasteiger partial charge in [0.05, 0.1) is 18.9 Å². The van der Waals surface area contributed by atoms with Gasteiger partial charge in [0.1, 0.15) is 0 Å². The van der Waals surface area contributed by atoms with Crippen molar-refractivity contribution < 1.29 is 19.5 Å². The van der Waals surface area contributed by atoms with Crippen LogP contribution in [-0.2, 0) is 27.2 Å². The summed E-state index contributed by atoms with van der Waals surface area (Å²) in [6.07, 6.45) is 2.30. The van der Waals surface area contributed by atoms with Crippen LogP contribution in [0.5, 0.6) is 0 Å². The number of hydrogen-bond acceptors (Lipinski definition) is 3. The standard InChI is InChI=1S/C15H17NO4/c17-13-3-1-2-12(13)16-14(18)8-10-4-6-11(7-5-10)9-15(19)20/h4-7,12H,1-3,8-9H2,(H,16,18)(H,19,20). The van der Waals surface area contributed by atoms with E-state index in [9.17, 15) is 14.4 Å². The molecule has 0 bridgehead atoms. The smallest absolute Gasteiger partial charge is 0.307 e. The van der Waals surface area contributed by atoms with Gasteiger partial charge < -0.3 is 10.4 Å². The second-order valence-corrected chi connectivity index (χ2v) is 5.04. The molecule has 2 N–H and O–H groups in total. The largest absolute Gasteiger partial charge is 0.481 e. The van der Waals surface area contributed by atoms with Crippen LogP contribution in [0, 0.1) is 0 Å². The molecule has 1 fully saturated rings. The molecule has 0 saturated heterocycles. The predicted molar refractivity (Wildman–Crippen MR) is 72.3 cm³/mol. The van der Waals surface area contributed by atoms with Crippen molar-refractivity contribution in [1.82, 2.24) is 5.32 Å². The van der Waals surface area contributed by atoms with E-state index >= 15 is 0 Å². The molecule has 0 spiro atoms. The number of benzene rings is 1. The Labute approximate surface area is 117 Å². The van der Waals surface area contributed by atoms with Crippen LogP contribution in [0.4, 0.5) is 0 Å². The number of nitrogens with one attached hydrogen (secondary N) is 1. The maximum absolute atomic E-state index is 11.8. The van der Waals surface area contributed by atoms with Gasteiger partial charge in [-0.05, 0) is 24.0 Å². The lowest BCUT2D eigenvalue weighted by Crippen LogP contribution is -2.38. The molecule has 1 amide bonds. The minimum Gasteiger partial charge on any atom is -0.481 e. The van der Waals surface area contributed by atoms with Gasteiger partial charge in [0, 0.05) is 6.42 Å². The lowest BCUT2D eigenvalue weighted by molar-refractivity contribution is -0.136. The number of carbonyl (C=O) groups excluding carboxylic acids is 2. The highest BCUT2D eigenvalue weighted by atomic mass is 16.4. The summed E-state index contributed by atoms with van der Waals surface area (Å²) in [7, 11) is 0. The van der Waals surface area contributed by atoms with E-state index in [0.717, 1.165) is 18.4 Å². The predicted octanol–water partition coefficient (Wildman–Crippen LogP) is 1.09. The number of rotatable bonds is 5. The second-order valence-electron chi connectivity index (χ2n) is 5.04. The highest BCUT2D eigenvalue weighted by Crippen LogP contribution is 2.14. The molecule has 5 heteroatoms. The van der Waals surface area contributed by atoms with E-state index < -0.39 is 5.97 Å². The Hall–Kier alpha value is -2.17. The van der Waals surface area contributed by atoms with Crippen LogP contribution >= 0.6 is 0 Å². The fourth-order valence-corrected chi connectivity index (χ4v) is 2.35. The summed E-state index contributed by atoms with van der Waals surface area (Å²) < 4.78 is 0. The van der Waals surface area contributed by atoms with E-state index in [2.05, 4.69) is 5.32 Å². The number of hydrogen-bond donors (Lipinski definition) is 2. The van der Waals surface area contributed by atoms with E-state index in [1.54, 1.807) is 24.3 Å². The number of ketones is 1. The van der Waals surface area contributed by atoms with Gasteiger partial charge >= 0.3 is 5.97 Å². The first-order chi connectivity index (χ1) is 9.54. The zero-order valence-corrected chi connectivity index (χ0v) is 11.1. The summed E-state index contributed by atoms with van der Waals surface area (Å²) in [6.45, 7) is 0. The zero-order valence-electron chi connectivity index (χ0n) is 11.1. The van der Waals surface area contributed by atoms with E-state index in [4.69, 9.17) is 5.11 Å². The van der Waals surface area contributed by atoms with E-state index in [1.807, 2.05) is 0 Å². The first-order valence-electron chi connectivity index (χ1n) is 6.66. The van der Waals surface area contributed by atoms with Crippen molar-refractivity contribution in [3.05, 3.63) is 35.4 Å². The van der Waals surface area contributed by atoms with E-state index in [-0.39, 0.29) is 30.6 Å². The quantitative estimate of drug-likeness (QED) is 0.842. The van der Waals surface area contributed by atoms with Crippen LogP contribution in [-0.4, -0.2) is 28.8 Å². The Morgan fingerprint density at radius 2 is 1.75 bits per heavy atom. The molecule has 2 rings (SSSR count). The number of aliphatic carboxylic acids is 1. The van der Waals surface area contributed by atoms with Crippen LogP contribution in [0.3, 0.4) is 0 Å². The maximum atomic E-state index is 11.8. The summed E-state index contributed by atoms with van der Waals surface area (Å²) in [5.74, 6) is -0.943. The van der Waals surface area contributed by atoms with Crippen molar-refractivity contribution in [3.63, 3.8) is 0 Å². The minimum atomic E-state index is -0.879. The van der Waals surface area contributed by atoms with Crippen molar-refractivity contribution in [2.24, 2.45) is 0 Å². The topological polar surface area (TPSA) is 83.5 Å². The molecular weight excluding hydrogens is 258 g/mol. The molecule has 1 aromatic rings. The fraction of sp³-hybridized carbons (Fsp3) is 0.400. The number of Topliss-reactive ketones (excluding diaryl/α,β-unsaturated/α-hetero) is 1. The molecular formula is C15H17NO4. The lowest BCUT2D eigenvalue weighted by atomic mass is 10.1. The fourth-order valence-electron chi connectivity index (χ4n) is 2.35. The third kappa shape index (κ3) is 3.91. The molecule has 0 aromatic heterocycles. The summed E-state index contributed by atoms with van der Waals surface area (Å²) >= 11 is 0. The van der Waals surface area contributed by atoms with E-state index in [1.165, 1.54) is 0 Å². The molecule has 1 unspecified atom stereocenters. The number of amides is 1. The van der Waals surface area contributed by atoms with Crippen LogP contribution in [0.2, 0.25) is 0 Å². The molecule has 106 valence electrons. The summed E-state index contributed by atoms with van der Waals surface area (Å²) in [5.41, 5.74) is 1.51. The minimum absolute atomic E-state index is 0.0247. The molecule has 1 aliphatic rings. The number of carboxylic acids is 1. The summed E-state index contributed by atoms with van der Waals surface area (Å²) in [4.78, 5) is 33.8. The Morgan fingerprint density at radius 1 is 1.15 bits per heavy atom. The molecule has 1 saturated carbocycles. The Morgan fingerprint density at radius 3 is 2.25 bits per heavy atom. The van der Waals surface area contributed by atoms with Gasteiger partial charge in [-0.1, -0.05) is 24.3 Å². The van der Waals surface area contributed by atoms with Gasteiger partial charge in [0.25, 0.3) is 0 Å². The van der Waals surface area contributed by atoms with Crippen molar-refractivity contribution in [1.29, 1.82) is 0 Å². The van der Waals surface area contributed by atoms with Crippen molar-refractivity contribution in [2.45, 2.75) is 38.1 Å². The average Bonchev–Trinajstić information content (AvgIpc) is 2.77. The molecule has 1 aliphatic carbocycles. The summed E-state index contributed by atoms with van der Waals surface area (Å²) in [6, 6.07) is 6.58. The van der Waals surface area contributed by atoms with Crippen LogP contribution in [0.15, 0.2) is 24.3 Å². The highest BCUT2D eigenvalue weighted by molar-refractivity contribution is 5.91. The number of carboxylic acid groups (broad SMARTS) is 1. The van der Waals surface area contributed by atoms with E-state index in [0.29, 0.717) is 12.0 Å². The Bertz CT molecular complexity index is 521. The molecule has 20 heavy (non-hydrogen) atoms. The molecule has 5 nitrogen and oxygen atoms in total. The second kappa shape index (κ2) is 6.32. The normalized spacial score (nSPS) is 18.0. The monoisotopic (exact) mass is 275 g/mol. The molecule has 1 atom stereocenters. The van der Waals surface area contributed by atoms with Crippen LogP contribution in [0.25, 0.3) is 0 Å². The third-order valence-electron chi connectivity index (χ3n) is 3.38. The first kappa shape index (κ1) is 14.2. The summed E-state index contributed by atoms with van der Waals surface area (Å²) in [5, 5.41) is 11.4. The van der Waals surface area contributed by atoms with Crippen molar-refractivity contribution in [3.8, 4) is 0 Å². The van der Waals surface area contributed by atoms with Crippen molar-refractivity contribution >= 4 is 17.7 Å². The van der Waals surface area contributed by atoms with Crippen LogP contribution in [0.1, 0.15) is 30.4 Å². The molecule has 0 heterocycles. The van der Waals surface area contributed by atoms with Gasteiger partial charge in [0.15, 0.2) is 5.78 Å². The lowest BCUT2D eigenvalue weighted by Gasteiger charge is -2.10. The Balaban J connectivity index is 1.87. The molecule has 0 radical (unpaired) electrons. The number of carbonyl (C=O) groups is 3. The average molecular weight is 275 g/mol. The SMILES string of the molecule is O=C(O)Cc1ccc(CC(=O)NC2CCCC2=O)cc1. The molecule has 0 aliphatic heterocycles. The van der Waals surface area contributed by atoms with Crippen molar-refractivity contribution in [2.75, 3.05) is 0 Å².